The molecule has 148 valence electrons. The lowest BCUT2D eigenvalue weighted by Gasteiger charge is -2.32. The highest BCUT2D eigenvalue weighted by molar-refractivity contribution is 5.93. The Hall–Kier alpha value is -3.28. The number of aromatic nitrogens is 3. The Morgan fingerprint density at radius 3 is 2.69 bits per heavy atom. The van der Waals surface area contributed by atoms with Crippen molar-refractivity contribution in [2.24, 2.45) is 5.92 Å². The highest BCUT2D eigenvalue weighted by Crippen LogP contribution is 2.24. The summed E-state index contributed by atoms with van der Waals surface area (Å²) in [5.74, 6) is 0.815. The van der Waals surface area contributed by atoms with Crippen molar-refractivity contribution >= 4 is 17.4 Å². The lowest BCUT2D eigenvalue weighted by Crippen LogP contribution is -2.41. The minimum absolute atomic E-state index is 0.0607. The molecule has 1 aliphatic rings. The second-order valence-corrected chi connectivity index (χ2v) is 7.34. The summed E-state index contributed by atoms with van der Waals surface area (Å²) >= 11 is 0. The molecule has 0 radical (unpaired) electrons. The van der Waals surface area contributed by atoms with E-state index in [-0.39, 0.29) is 11.8 Å². The van der Waals surface area contributed by atoms with Crippen LogP contribution in [0.15, 0.2) is 60.9 Å². The van der Waals surface area contributed by atoms with E-state index in [9.17, 15) is 4.79 Å². The van der Waals surface area contributed by atoms with E-state index in [1.807, 2.05) is 36.4 Å². The molecule has 0 spiro atoms. The molecular formula is C23H25N5O. The summed E-state index contributed by atoms with van der Waals surface area (Å²) in [6.07, 6.45) is 6.35. The van der Waals surface area contributed by atoms with Gasteiger partial charge in [-0.3, -0.25) is 9.78 Å². The zero-order valence-electron chi connectivity index (χ0n) is 16.6. The summed E-state index contributed by atoms with van der Waals surface area (Å²) in [6, 6.07) is 15.8. The molecule has 1 amide bonds. The Morgan fingerprint density at radius 1 is 1.14 bits per heavy atom. The van der Waals surface area contributed by atoms with E-state index in [2.05, 4.69) is 44.5 Å². The molecule has 1 aromatic carbocycles. The molecule has 0 aliphatic carbocycles. The second kappa shape index (κ2) is 8.82. The summed E-state index contributed by atoms with van der Waals surface area (Å²) in [4.78, 5) is 19.0. The van der Waals surface area contributed by atoms with Crippen molar-refractivity contribution in [2.45, 2.75) is 26.2 Å². The third-order valence-corrected chi connectivity index (χ3v) is 5.35. The third-order valence-electron chi connectivity index (χ3n) is 5.35. The average molecular weight is 387 g/mol. The zero-order valence-corrected chi connectivity index (χ0v) is 16.6. The molecule has 6 nitrogen and oxygen atoms in total. The summed E-state index contributed by atoms with van der Waals surface area (Å²) in [7, 11) is 0. The number of anilines is 2. The molecule has 0 bridgehead atoms. The smallest absolute Gasteiger partial charge is 0.229 e. The second-order valence-electron chi connectivity index (χ2n) is 7.34. The van der Waals surface area contributed by atoms with Crippen LogP contribution in [0.5, 0.6) is 0 Å². The molecule has 29 heavy (non-hydrogen) atoms. The van der Waals surface area contributed by atoms with Crippen molar-refractivity contribution < 1.29 is 4.79 Å². The van der Waals surface area contributed by atoms with Gasteiger partial charge in [-0.2, -0.15) is 0 Å². The fraction of sp³-hybridized carbons (Fsp3) is 0.304. The van der Waals surface area contributed by atoms with Crippen LogP contribution in [-0.2, 0) is 11.2 Å². The number of hydrogen-bond donors (Lipinski definition) is 1. The molecule has 6 heteroatoms. The Bertz CT molecular complexity index is 941. The van der Waals surface area contributed by atoms with Crippen LogP contribution in [0.2, 0.25) is 0 Å². The molecule has 1 saturated heterocycles. The van der Waals surface area contributed by atoms with Crippen LogP contribution in [0.25, 0.3) is 11.3 Å². The van der Waals surface area contributed by atoms with Crippen molar-refractivity contribution in [3.63, 3.8) is 0 Å². The predicted molar refractivity (Wildman–Crippen MR) is 115 cm³/mol. The Morgan fingerprint density at radius 2 is 2.00 bits per heavy atom. The molecule has 1 N–H and O–H groups in total. The van der Waals surface area contributed by atoms with Crippen molar-refractivity contribution in [1.29, 1.82) is 0 Å². The molecule has 0 saturated carbocycles. The summed E-state index contributed by atoms with van der Waals surface area (Å²) in [6.45, 7) is 3.66. The van der Waals surface area contributed by atoms with Gasteiger partial charge in [0.1, 0.15) is 0 Å². The van der Waals surface area contributed by atoms with Crippen molar-refractivity contribution in [3.05, 3.63) is 66.5 Å². The molecule has 2 aromatic heterocycles. The van der Waals surface area contributed by atoms with Crippen LogP contribution < -0.4 is 10.2 Å². The van der Waals surface area contributed by atoms with Crippen LogP contribution in [0.3, 0.4) is 0 Å². The summed E-state index contributed by atoms with van der Waals surface area (Å²) in [5, 5.41) is 11.8. The number of amides is 1. The zero-order chi connectivity index (χ0) is 20.1. The molecule has 1 aliphatic heterocycles. The van der Waals surface area contributed by atoms with Crippen LogP contribution in [-0.4, -0.2) is 34.2 Å². The quantitative estimate of drug-likeness (QED) is 0.718. The van der Waals surface area contributed by atoms with Gasteiger partial charge in [0.05, 0.1) is 11.6 Å². The molecular weight excluding hydrogens is 362 g/mol. The van der Waals surface area contributed by atoms with Gasteiger partial charge in [-0.25, -0.2) is 0 Å². The highest BCUT2D eigenvalue weighted by Gasteiger charge is 2.26. The van der Waals surface area contributed by atoms with E-state index >= 15 is 0 Å². The molecule has 3 heterocycles. The number of rotatable bonds is 5. The molecule has 1 atom stereocenters. The first-order chi connectivity index (χ1) is 14.2. The minimum Gasteiger partial charge on any atom is -0.354 e. The lowest BCUT2D eigenvalue weighted by atomic mass is 9.97. The van der Waals surface area contributed by atoms with Gasteiger partial charge in [-0.15, -0.1) is 10.2 Å². The van der Waals surface area contributed by atoms with E-state index < -0.39 is 0 Å². The van der Waals surface area contributed by atoms with Crippen molar-refractivity contribution in [2.75, 3.05) is 23.3 Å². The third kappa shape index (κ3) is 4.59. The number of nitrogens with zero attached hydrogens (tertiary/aromatic N) is 4. The molecule has 3 aromatic rings. The Labute approximate surface area is 171 Å². The molecule has 1 fully saturated rings. The fourth-order valence-electron chi connectivity index (χ4n) is 3.63. The van der Waals surface area contributed by atoms with Crippen LogP contribution in [0, 0.1) is 5.92 Å². The van der Waals surface area contributed by atoms with E-state index in [0.29, 0.717) is 6.54 Å². The number of pyridine rings is 1. The largest absolute Gasteiger partial charge is 0.354 e. The fourth-order valence-corrected chi connectivity index (χ4v) is 3.63. The van der Waals surface area contributed by atoms with Gasteiger partial charge in [0.2, 0.25) is 5.91 Å². The van der Waals surface area contributed by atoms with E-state index in [1.54, 1.807) is 12.4 Å². The monoisotopic (exact) mass is 387 g/mol. The van der Waals surface area contributed by atoms with E-state index in [4.69, 9.17) is 0 Å². The minimum atomic E-state index is -0.0607. The number of benzene rings is 1. The normalized spacial score (nSPS) is 16.4. The first-order valence-electron chi connectivity index (χ1n) is 10.1. The topological polar surface area (TPSA) is 71.0 Å². The van der Waals surface area contributed by atoms with E-state index in [1.165, 1.54) is 5.56 Å². The predicted octanol–water partition coefficient (Wildman–Crippen LogP) is 3.96. The van der Waals surface area contributed by atoms with Gasteiger partial charge in [0, 0.05) is 36.7 Å². The molecule has 1 unspecified atom stereocenters. The first-order valence-corrected chi connectivity index (χ1v) is 10.1. The first kappa shape index (κ1) is 19.1. The highest BCUT2D eigenvalue weighted by atomic mass is 16.1. The number of aryl methyl sites for hydroxylation is 1. The van der Waals surface area contributed by atoms with Crippen molar-refractivity contribution in [3.8, 4) is 11.3 Å². The average Bonchev–Trinajstić information content (AvgIpc) is 2.80. The van der Waals surface area contributed by atoms with Crippen LogP contribution >= 0.6 is 0 Å². The van der Waals surface area contributed by atoms with Gasteiger partial charge in [0.25, 0.3) is 0 Å². The number of nitrogens with one attached hydrogen (secondary N) is 1. The van der Waals surface area contributed by atoms with Crippen LogP contribution in [0.4, 0.5) is 11.5 Å². The number of hydrogen-bond acceptors (Lipinski definition) is 5. The van der Waals surface area contributed by atoms with Gasteiger partial charge in [-0.1, -0.05) is 19.1 Å². The summed E-state index contributed by atoms with van der Waals surface area (Å²) < 4.78 is 0. The van der Waals surface area contributed by atoms with Crippen molar-refractivity contribution in [1.82, 2.24) is 15.2 Å². The maximum absolute atomic E-state index is 12.8. The summed E-state index contributed by atoms with van der Waals surface area (Å²) in [5.41, 5.74) is 3.85. The standard InChI is InChI=1S/C23H25N5O/c1-2-17-7-9-20(10-8-17)25-23(29)19-6-4-14-28(16-19)22-12-11-21(26-27-22)18-5-3-13-24-15-18/h3,5,7-13,15,19H,2,4,6,14,16H2,1H3,(H,25,29). The van der Waals surface area contributed by atoms with Gasteiger partial charge >= 0.3 is 0 Å². The Balaban J connectivity index is 1.40. The van der Waals surface area contributed by atoms with E-state index in [0.717, 1.165) is 48.6 Å². The number of piperidine rings is 1. The maximum Gasteiger partial charge on any atom is 0.229 e. The Kier molecular flexibility index (Phi) is 5.79. The maximum atomic E-state index is 12.8. The lowest BCUT2D eigenvalue weighted by molar-refractivity contribution is -0.120. The van der Waals surface area contributed by atoms with Crippen LogP contribution in [0.1, 0.15) is 25.3 Å². The van der Waals surface area contributed by atoms with Gasteiger partial charge in [0.15, 0.2) is 5.82 Å². The molecule has 4 rings (SSSR count). The number of carbonyl (C=O) groups is 1. The van der Waals surface area contributed by atoms with Gasteiger partial charge in [-0.05, 0) is 61.2 Å². The van der Waals surface area contributed by atoms with Gasteiger partial charge < -0.3 is 10.2 Å². The SMILES string of the molecule is CCc1ccc(NC(=O)C2CCCN(c3ccc(-c4cccnc4)nn3)C2)cc1. The number of carbonyl (C=O) groups excluding carboxylic acids is 1.